The third-order valence-electron chi connectivity index (χ3n) is 4.26. The Morgan fingerprint density at radius 2 is 2.22 bits per heavy atom. The number of nitrogens with one attached hydrogen (secondary N) is 1. The summed E-state index contributed by atoms with van der Waals surface area (Å²) in [7, 11) is -3.36. The molecular formula is C15H21N3O4S. The molecule has 0 radical (unpaired) electrons. The molecular weight excluding hydrogens is 318 g/mol. The van der Waals surface area contributed by atoms with Crippen molar-refractivity contribution < 1.29 is 17.9 Å². The van der Waals surface area contributed by atoms with E-state index in [1.807, 2.05) is 13.0 Å². The van der Waals surface area contributed by atoms with Gasteiger partial charge in [-0.25, -0.2) is 18.1 Å². The van der Waals surface area contributed by atoms with Gasteiger partial charge in [0.25, 0.3) is 5.91 Å². The van der Waals surface area contributed by atoms with Crippen LogP contribution in [-0.4, -0.2) is 61.8 Å². The first-order valence-electron chi connectivity index (χ1n) is 7.69. The topological polar surface area (TPSA) is 88.6 Å². The molecule has 7 nitrogen and oxygen atoms in total. The Morgan fingerprint density at radius 1 is 1.43 bits per heavy atom. The summed E-state index contributed by atoms with van der Waals surface area (Å²) in [6.07, 6.45) is 2.49. The van der Waals surface area contributed by atoms with E-state index in [2.05, 4.69) is 9.71 Å². The van der Waals surface area contributed by atoms with E-state index in [9.17, 15) is 13.2 Å². The molecule has 23 heavy (non-hydrogen) atoms. The number of nitrogens with zero attached hydrogens (tertiary/aromatic N) is 2. The molecule has 2 saturated heterocycles. The minimum absolute atomic E-state index is 0.113. The molecule has 3 heterocycles. The lowest BCUT2D eigenvalue weighted by Gasteiger charge is -2.32. The molecule has 0 spiro atoms. The summed E-state index contributed by atoms with van der Waals surface area (Å²) in [5.41, 5.74) is 1.16. The molecule has 8 heteroatoms. The highest BCUT2D eigenvalue weighted by atomic mass is 32.2. The van der Waals surface area contributed by atoms with Gasteiger partial charge in [0.1, 0.15) is 5.69 Å². The van der Waals surface area contributed by atoms with Crippen molar-refractivity contribution in [1.29, 1.82) is 0 Å². The van der Waals surface area contributed by atoms with Crippen molar-refractivity contribution in [2.45, 2.75) is 38.0 Å². The number of pyridine rings is 1. The summed E-state index contributed by atoms with van der Waals surface area (Å²) < 4.78 is 31.5. The second kappa shape index (κ2) is 6.18. The second-order valence-corrected chi connectivity index (χ2v) is 7.94. The van der Waals surface area contributed by atoms with Crippen molar-refractivity contribution >= 4 is 15.9 Å². The average Bonchev–Trinajstić information content (AvgIpc) is 2.84. The van der Waals surface area contributed by atoms with Crippen LogP contribution >= 0.6 is 0 Å². The minimum Gasteiger partial charge on any atom is -0.374 e. The van der Waals surface area contributed by atoms with E-state index in [0.717, 1.165) is 24.8 Å². The zero-order chi connectivity index (χ0) is 16.6. The maximum atomic E-state index is 12.8. The molecule has 3 rings (SSSR count). The molecule has 0 bridgehead atoms. The Labute approximate surface area is 136 Å². The Morgan fingerprint density at radius 3 is 2.91 bits per heavy atom. The zero-order valence-corrected chi connectivity index (χ0v) is 14.0. The van der Waals surface area contributed by atoms with E-state index < -0.39 is 16.1 Å². The largest absolute Gasteiger partial charge is 0.374 e. The van der Waals surface area contributed by atoms with E-state index >= 15 is 0 Å². The van der Waals surface area contributed by atoms with Gasteiger partial charge in [0.15, 0.2) is 0 Å². The van der Waals surface area contributed by atoms with Crippen LogP contribution in [0.5, 0.6) is 0 Å². The number of fused-ring (bicyclic) bond motifs is 1. The van der Waals surface area contributed by atoms with Crippen molar-refractivity contribution in [1.82, 2.24) is 14.6 Å². The lowest BCUT2D eigenvalue weighted by molar-refractivity contribution is -0.0157. The van der Waals surface area contributed by atoms with Crippen LogP contribution < -0.4 is 4.72 Å². The Hall–Kier alpha value is -1.51. The first-order chi connectivity index (χ1) is 10.8. The van der Waals surface area contributed by atoms with Crippen molar-refractivity contribution in [3.63, 3.8) is 0 Å². The number of hydrogen-bond acceptors (Lipinski definition) is 5. The van der Waals surface area contributed by atoms with Crippen LogP contribution in [0.1, 0.15) is 29.0 Å². The van der Waals surface area contributed by atoms with Crippen LogP contribution in [0.3, 0.4) is 0 Å². The van der Waals surface area contributed by atoms with Gasteiger partial charge in [-0.3, -0.25) is 4.79 Å². The van der Waals surface area contributed by atoms with Gasteiger partial charge < -0.3 is 9.64 Å². The molecule has 1 aromatic heterocycles. The van der Waals surface area contributed by atoms with Crippen LogP contribution in [0, 0.1) is 6.92 Å². The van der Waals surface area contributed by atoms with Crippen molar-refractivity contribution in [3.8, 4) is 0 Å². The van der Waals surface area contributed by atoms with Crippen LogP contribution in [0.25, 0.3) is 0 Å². The number of likely N-dealkylation sites (tertiary alicyclic amines) is 1. The standard InChI is InChI=1S/C15H21N3O4S/c1-10-5-3-6-11(16-10)15(19)18-9-12(17-23(2,20)21)14-13(18)7-4-8-22-14/h3,5-6,12-14,17H,4,7-9H2,1-2H3/t12-,13-,14-/m1/s1. The molecule has 2 fully saturated rings. The number of rotatable bonds is 3. The van der Waals surface area contributed by atoms with Crippen LogP contribution in [0.2, 0.25) is 0 Å². The fraction of sp³-hybridized carbons (Fsp3) is 0.600. The van der Waals surface area contributed by atoms with E-state index in [0.29, 0.717) is 18.8 Å². The predicted octanol–water partition coefficient (Wildman–Crippen LogP) is 0.311. The first kappa shape index (κ1) is 16.4. The van der Waals surface area contributed by atoms with Crippen LogP contribution in [-0.2, 0) is 14.8 Å². The highest BCUT2D eigenvalue weighted by molar-refractivity contribution is 7.88. The first-order valence-corrected chi connectivity index (χ1v) is 9.58. The molecule has 0 aromatic carbocycles. The predicted molar refractivity (Wildman–Crippen MR) is 84.5 cm³/mol. The van der Waals surface area contributed by atoms with Gasteiger partial charge in [0.05, 0.1) is 24.4 Å². The minimum atomic E-state index is -3.36. The van der Waals surface area contributed by atoms with Gasteiger partial charge in [0.2, 0.25) is 10.0 Å². The number of carbonyl (C=O) groups excluding carboxylic acids is 1. The fourth-order valence-electron chi connectivity index (χ4n) is 3.38. The number of amides is 1. The molecule has 1 aromatic rings. The molecule has 0 saturated carbocycles. The van der Waals surface area contributed by atoms with Crippen LogP contribution in [0.15, 0.2) is 18.2 Å². The summed E-state index contributed by atoms with van der Waals surface area (Å²) >= 11 is 0. The SMILES string of the molecule is Cc1cccc(C(=O)N2C[C@@H](NS(C)(=O)=O)[C@H]3OCCC[C@H]32)n1. The summed E-state index contributed by atoms with van der Waals surface area (Å²) in [4.78, 5) is 18.8. The van der Waals surface area contributed by atoms with E-state index in [4.69, 9.17) is 4.74 Å². The Balaban J connectivity index is 1.85. The smallest absolute Gasteiger partial charge is 0.272 e. The molecule has 126 valence electrons. The molecule has 2 aliphatic rings. The fourth-order valence-corrected chi connectivity index (χ4v) is 4.14. The summed E-state index contributed by atoms with van der Waals surface area (Å²) in [6, 6.07) is 4.79. The molecule has 0 aliphatic carbocycles. The van der Waals surface area contributed by atoms with E-state index in [1.165, 1.54) is 0 Å². The normalized spacial score (nSPS) is 27.7. The lowest BCUT2D eigenvalue weighted by atomic mass is 10.0. The maximum absolute atomic E-state index is 12.8. The molecule has 0 unspecified atom stereocenters. The summed E-state index contributed by atoms with van der Waals surface area (Å²) in [6.45, 7) is 2.73. The van der Waals surface area contributed by atoms with Crippen molar-refractivity contribution in [3.05, 3.63) is 29.6 Å². The van der Waals surface area contributed by atoms with E-state index in [1.54, 1.807) is 17.0 Å². The van der Waals surface area contributed by atoms with Gasteiger partial charge in [-0.15, -0.1) is 0 Å². The molecule has 1 amide bonds. The van der Waals surface area contributed by atoms with Gasteiger partial charge >= 0.3 is 0 Å². The zero-order valence-electron chi connectivity index (χ0n) is 13.2. The number of aryl methyl sites for hydroxylation is 1. The highest BCUT2D eigenvalue weighted by Gasteiger charge is 2.47. The summed E-state index contributed by atoms with van der Waals surface area (Å²) in [5.74, 6) is -0.174. The number of ether oxygens (including phenoxy) is 1. The summed E-state index contributed by atoms with van der Waals surface area (Å²) in [5, 5.41) is 0. The van der Waals surface area contributed by atoms with Crippen molar-refractivity contribution in [2.75, 3.05) is 19.4 Å². The quantitative estimate of drug-likeness (QED) is 0.856. The van der Waals surface area contributed by atoms with Gasteiger partial charge in [-0.1, -0.05) is 6.07 Å². The molecule has 3 atom stereocenters. The van der Waals surface area contributed by atoms with Gasteiger partial charge in [0, 0.05) is 18.8 Å². The van der Waals surface area contributed by atoms with Crippen molar-refractivity contribution in [2.24, 2.45) is 0 Å². The number of carbonyl (C=O) groups is 1. The van der Waals surface area contributed by atoms with E-state index in [-0.39, 0.29) is 18.1 Å². The monoisotopic (exact) mass is 339 g/mol. The van der Waals surface area contributed by atoms with Gasteiger partial charge in [-0.2, -0.15) is 0 Å². The Kier molecular flexibility index (Phi) is 4.39. The number of aromatic nitrogens is 1. The maximum Gasteiger partial charge on any atom is 0.272 e. The van der Waals surface area contributed by atoms with Crippen LogP contribution in [0.4, 0.5) is 0 Å². The highest BCUT2D eigenvalue weighted by Crippen LogP contribution is 2.30. The Bertz CT molecular complexity index is 706. The molecule has 1 N–H and O–H groups in total. The third kappa shape index (κ3) is 3.54. The number of sulfonamides is 1. The van der Waals surface area contributed by atoms with Gasteiger partial charge in [-0.05, 0) is 31.9 Å². The molecule has 2 aliphatic heterocycles. The average molecular weight is 339 g/mol. The number of hydrogen-bond donors (Lipinski definition) is 1. The lowest BCUT2D eigenvalue weighted by Crippen LogP contribution is -2.47. The third-order valence-corrected chi connectivity index (χ3v) is 4.99. The second-order valence-electron chi connectivity index (χ2n) is 6.16.